The van der Waals surface area contributed by atoms with Crippen LogP contribution < -0.4 is 27.2 Å². The van der Waals surface area contributed by atoms with Gasteiger partial charge >= 0.3 is 23.7 Å². The first-order valence-electron chi connectivity index (χ1n) is 17.1. The number of alkyl halides is 6. The van der Waals surface area contributed by atoms with Crippen molar-refractivity contribution in [2.45, 2.75) is 65.0 Å². The quantitative estimate of drug-likeness (QED) is 0.165. The fourth-order valence-electron chi connectivity index (χ4n) is 5.11. The molecular formula is C36H35BrF6N8O6. The van der Waals surface area contributed by atoms with E-state index in [2.05, 4.69) is 35.9 Å². The number of unbranched alkanes of at least 4 members (excludes halogenated alkanes) is 2. The molecule has 6 aromatic heterocycles. The molecule has 6 aromatic rings. The lowest BCUT2D eigenvalue weighted by Crippen LogP contribution is -2.39. The van der Waals surface area contributed by atoms with Gasteiger partial charge in [0.2, 0.25) is 0 Å². The molecule has 1 N–H and O–H groups in total. The Morgan fingerprint density at radius 3 is 1.54 bits per heavy atom. The zero-order valence-electron chi connectivity index (χ0n) is 30.7. The second-order valence-electron chi connectivity index (χ2n) is 12.2. The lowest BCUT2D eigenvalue weighted by atomic mass is 10.3. The third kappa shape index (κ3) is 10.7. The van der Waals surface area contributed by atoms with Crippen molar-refractivity contribution in [1.29, 1.82) is 0 Å². The van der Waals surface area contributed by atoms with Crippen LogP contribution in [0.1, 0.15) is 50.9 Å². The summed E-state index contributed by atoms with van der Waals surface area (Å²) in [6.07, 6.45) is -1.20. The Balaban J connectivity index is 0.000000211. The smallest absolute Gasteiger partial charge is 0.433 e. The fraction of sp³-hybridized carbons (Fsp3) is 0.333. The Bertz CT molecular complexity index is 2590. The van der Waals surface area contributed by atoms with Gasteiger partial charge in [-0.2, -0.15) is 26.3 Å². The van der Waals surface area contributed by atoms with E-state index < -0.39 is 40.5 Å². The Labute approximate surface area is 326 Å². The van der Waals surface area contributed by atoms with Gasteiger partial charge in [-0.05, 0) is 65.2 Å². The number of ether oxygens (including phenoxy) is 1. The van der Waals surface area contributed by atoms with E-state index in [9.17, 15) is 50.6 Å². The van der Waals surface area contributed by atoms with Gasteiger partial charge in [0.05, 0.1) is 29.4 Å². The largest absolute Gasteiger partial charge is 0.506 e. The first kappa shape index (κ1) is 43.9. The summed E-state index contributed by atoms with van der Waals surface area (Å²) in [5.74, 6) is 0.123. The van der Waals surface area contributed by atoms with Crippen LogP contribution in [0.2, 0.25) is 0 Å². The highest BCUT2D eigenvalue weighted by atomic mass is 79.9. The Hall–Kier alpha value is -5.86. The second-order valence-corrected chi connectivity index (χ2v) is 13.2. The van der Waals surface area contributed by atoms with E-state index in [1.807, 2.05) is 13.8 Å². The molecule has 0 saturated heterocycles. The summed E-state index contributed by atoms with van der Waals surface area (Å²) in [5, 5.41) is 9.82. The highest BCUT2D eigenvalue weighted by Crippen LogP contribution is 2.30. The van der Waals surface area contributed by atoms with Crippen molar-refractivity contribution in [3.8, 4) is 17.2 Å². The normalized spacial score (nSPS) is 11.5. The van der Waals surface area contributed by atoms with Gasteiger partial charge in [-0.25, -0.2) is 24.5 Å². The molecule has 0 saturated carbocycles. The number of aromatic nitrogens is 8. The van der Waals surface area contributed by atoms with Crippen LogP contribution in [0.15, 0.2) is 84.8 Å². The predicted molar refractivity (Wildman–Crippen MR) is 200 cm³/mol. The summed E-state index contributed by atoms with van der Waals surface area (Å²) in [6.45, 7) is 4.60. The van der Waals surface area contributed by atoms with Crippen molar-refractivity contribution in [1.82, 2.24) is 38.2 Å². The molecule has 0 aliphatic carbocycles. The van der Waals surface area contributed by atoms with Crippen molar-refractivity contribution in [2.24, 2.45) is 14.1 Å². The number of pyridine rings is 4. The maximum absolute atomic E-state index is 12.7. The fourth-order valence-corrected chi connectivity index (χ4v) is 5.35. The van der Waals surface area contributed by atoms with Gasteiger partial charge < -0.3 is 9.84 Å². The summed E-state index contributed by atoms with van der Waals surface area (Å²) < 4.78 is 84.2. The molecule has 6 rings (SSSR count). The maximum atomic E-state index is 12.7. The van der Waals surface area contributed by atoms with Gasteiger partial charge in [0.25, 0.3) is 11.1 Å². The van der Waals surface area contributed by atoms with E-state index in [0.29, 0.717) is 17.4 Å². The van der Waals surface area contributed by atoms with Gasteiger partial charge in [0.1, 0.15) is 39.9 Å². The summed E-state index contributed by atoms with van der Waals surface area (Å²) in [6, 6.07) is 6.89. The maximum Gasteiger partial charge on any atom is 0.433 e. The molecule has 0 bridgehead atoms. The Morgan fingerprint density at radius 1 is 0.649 bits per heavy atom. The summed E-state index contributed by atoms with van der Waals surface area (Å²) in [4.78, 5) is 63.7. The molecule has 0 atom stereocenters. The highest BCUT2D eigenvalue weighted by molar-refractivity contribution is 9.10. The number of hydrogen-bond donors (Lipinski definition) is 1. The van der Waals surface area contributed by atoms with Gasteiger partial charge in [-0.3, -0.25) is 32.8 Å². The average molecular weight is 870 g/mol. The Morgan fingerprint density at radius 2 is 1.11 bits per heavy atom. The van der Waals surface area contributed by atoms with E-state index >= 15 is 0 Å². The van der Waals surface area contributed by atoms with Gasteiger partial charge in [0, 0.05) is 37.9 Å². The van der Waals surface area contributed by atoms with Crippen LogP contribution in [-0.2, 0) is 39.5 Å². The number of nitrogens with zero attached hydrogens (tertiary/aromatic N) is 8. The first-order valence-corrected chi connectivity index (χ1v) is 17.9. The van der Waals surface area contributed by atoms with Crippen LogP contribution in [0.3, 0.4) is 0 Å². The molecule has 0 aliphatic heterocycles. The molecule has 0 aliphatic rings. The SMILES string of the molecule is CCCCn1c(=O)c2cc(O)cnc2n(C)c1=O.CCCCn1c(=O)c2cc(Oc3ccc(C(F)(F)F)nc3)cnc2n(C)c1=O.FC(F)(F)c1ccc(Br)cn1. The van der Waals surface area contributed by atoms with Crippen LogP contribution in [0.5, 0.6) is 17.2 Å². The van der Waals surface area contributed by atoms with Crippen LogP contribution in [0.4, 0.5) is 26.3 Å². The molecule has 57 heavy (non-hydrogen) atoms. The summed E-state index contributed by atoms with van der Waals surface area (Å²) in [5.41, 5.74) is -3.15. The van der Waals surface area contributed by atoms with Crippen LogP contribution in [-0.4, -0.2) is 43.3 Å². The van der Waals surface area contributed by atoms with Crippen molar-refractivity contribution < 1.29 is 36.2 Å². The first-order chi connectivity index (χ1) is 26.8. The molecule has 0 aromatic carbocycles. The topological polar surface area (TPSA) is 169 Å². The van der Waals surface area contributed by atoms with E-state index in [-0.39, 0.29) is 51.5 Å². The third-order valence-corrected chi connectivity index (χ3v) is 8.54. The highest BCUT2D eigenvalue weighted by Gasteiger charge is 2.32. The number of aromatic hydroxyl groups is 1. The number of halogens is 7. The van der Waals surface area contributed by atoms with Crippen molar-refractivity contribution in [3.63, 3.8) is 0 Å². The van der Waals surface area contributed by atoms with Crippen LogP contribution >= 0.6 is 15.9 Å². The van der Waals surface area contributed by atoms with Crippen LogP contribution in [0.25, 0.3) is 22.1 Å². The third-order valence-electron chi connectivity index (χ3n) is 8.07. The molecule has 0 spiro atoms. The zero-order chi connectivity index (χ0) is 42.2. The van der Waals surface area contributed by atoms with Crippen molar-refractivity contribution in [2.75, 3.05) is 0 Å². The zero-order valence-corrected chi connectivity index (χ0v) is 32.3. The predicted octanol–water partition coefficient (Wildman–Crippen LogP) is 6.57. The van der Waals surface area contributed by atoms with E-state index in [1.54, 1.807) is 7.05 Å². The molecule has 0 amide bonds. The monoisotopic (exact) mass is 868 g/mol. The molecular weight excluding hydrogens is 834 g/mol. The number of fused-ring (bicyclic) bond motifs is 2. The summed E-state index contributed by atoms with van der Waals surface area (Å²) >= 11 is 2.98. The molecule has 0 fully saturated rings. The Kier molecular flexibility index (Phi) is 14.2. The molecule has 304 valence electrons. The number of rotatable bonds is 8. The van der Waals surface area contributed by atoms with Crippen LogP contribution in [0, 0.1) is 0 Å². The molecule has 0 unspecified atom stereocenters. The van der Waals surface area contributed by atoms with Gasteiger partial charge in [-0.1, -0.05) is 26.7 Å². The van der Waals surface area contributed by atoms with Crippen molar-refractivity contribution >= 4 is 38.0 Å². The summed E-state index contributed by atoms with van der Waals surface area (Å²) in [7, 11) is 3.08. The lowest BCUT2D eigenvalue weighted by molar-refractivity contribution is -0.142. The lowest BCUT2D eigenvalue weighted by Gasteiger charge is -2.11. The molecule has 14 nitrogen and oxygen atoms in total. The van der Waals surface area contributed by atoms with E-state index in [4.69, 9.17) is 4.74 Å². The molecule has 21 heteroatoms. The van der Waals surface area contributed by atoms with Crippen molar-refractivity contribution in [3.05, 3.63) is 119 Å². The number of aryl methyl sites for hydroxylation is 2. The standard InChI is InChI=1S/C18H17F3N4O3.C12H15N3O3.C6H3BrF3N/c1-3-4-7-25-16(26)13-8-12(10-23-15(13)24(2)17(25)27)28-11-5-6-14(22-9-11)18(19,20)21;1-3-4-5-15-11(17)9-6-8(16)7-13-10(9)14(2)12(15)18;7-4-1-2-5(11-3-4)6(8,9)10/h5-6,8-10H,3-4,7H2,1-2H3;6-7,16H,3-5H2,1-2H3;1-3H. The minimum atomic E-state index is -4.54. The van der Waals surface area contributed by atoms with E-state index in [1.165, 1.54) is 51.3 Å². The molecule has 6 heterocycles. The van der Waals surface area contributed by atoms with E-state index in [0.717, 1.165) is 54.4 Å². The minimum absolute atomic E-state index is 0.0604. The minimum Gasteiger partial charge on any atom is -0.506 e. The second kappa shape index (κ2) is 18.4. The molecule has 0 radical (unpaired) electrons. The van der Waals surface area contributed by atoms with Gasteiger partial charge in [0.15, 0.2) is 0 Å². The average Bonchev–Trinajstić information content (AvgIpc) is 3.16. The number of hydrogen-bond acceptors (Lipinski definition) is 10. The van der Waals surface area contributed by atoms with Gasteiger partial charge in [-0.15, -0.1) is 0 Å².